The minimum Gasteiger partial charge on any atom is -0.478 e. The maximum Gasteiger partial charge on any atom is 0.328 e. The normalized spacial score (nSPS) is 19.9. The van der Waals surface area contributed by atoms with Crippen LogP contribution in [0.1, 0.15) is 53.9 Å². The van der Waals surface area contributed by atoms with Crippen molar-refractivity contribution in [3.63, 3.8) is 0 Å². The number of hydrogen-bond acceptors (Lipinski definition) is 1. The zero-order valence-corrected chi connectivity index (χ0v) is 15.6. The van der Waals surface area contributed by atoms with Gasteiger partial charge in [-0.1, -0.05) is 73.1 Å². The lowest BCUT2D eigenvalue weighted by atomic mass is 9.72. The van der Waals surface area contributed by atoms with E-state index >= 15 is 0 Å². The standard InChI is InChI=1S/C22H30O2/c1-17(11-7-13-21(23)24)9-6-10-18(2)14-15-20-19(3)12-8-16-22(20,4)5/h6-7,9-11,13-15H,8,12,16H2,1-5H3,(H,23,24)/b9-6+,13-7-,15-14+,17-11+,18-10+. The van der Waals surface area contributed by atoms with Gasteiger partial charge in [0.25, 0.3) is 0 Å². The maximum absolute atomic E-state index is 10.4. The molecule has 1 N–H and O–H groups in total. The SMILES string of the molecule is CC1=C(/C=C/C(C)=C/C=C/C(C)=C/C=C\C(=O)O)C(C)(C)CCC1. The van der Waals surface area contributed by atoms with Gasteiger partial charge in [-0.05, 0) is 51.0 Å². The molecule has 0 heterocycles. The second kappa shape index (κ2) is 9.27. The van der Waals surface area contributed by atoms with E-state index in [9.17, 15) is 4.79 Å². The average molecular weight is 326 g/mol. The van der Waals surface area contributed by atoms with Crippen LogP contribution in [0.4, 0.5) is 0 Å². The van der Waals surface area contributed by atoms with E-state index in [1.165, 1.54) is 36.0 Å². The van der Waals surface area contributed by atoms with Gasteiger partial charge < -0.3 is 5.11 Å². The highest BCUT2D eigenvalue weighted by Crippen LogP contribution is 2.40. The van der Waals surface area contributed by atoms with Crippen molar-refractivity contribution in [1.29, 1.82) is 0 Å². The first kappa shape index (κ1) is 20.0. The van der Waals surface area contributed by atoms with Gasteiger partial charge >= 0.3 is 5.97 Å². The van der Waals surface area contributed by atoms with Crippen LogP contribution in [-0.2, 0) is 4.79 Å². The number of carboxylic acids is 1. The van der Waals surface area contributed by atoms with Crippen LogP contribution in [0.15, 0.2) is 70.9 Å². The lowest BCUT2D eigenvalue weighted by Gasteiger charge is -2.32. The summed E-state index contributed by atoms with van der Waals surface area (Å²) >= 11 is 0. The lowest BCUT2D eigenvalue weighted by molar-refractivity contribution is -0.131. The topological polar surface area (TPSA) is 37.3 Å². The molecular weight excluding hydrogens is 296 g/mol. The van der Waals surface area contributed by atoms with Crippen LogP contribution >= 0.6 is 0 Å². The van der Waals surface area contributed by atoms with Crippen LogP contribution in [0.5, 0.6) is 0 Å². The number of carbonyl (C=O) groups is 1. The van der Waals surface area contributed by atoms with E-state index in [1.54, 1.807) is 12.2 Å². The molecular formula is C22H30O2. The Balaban J connectivity index is 2.73. The summed E-state index contributed by atoms with van der Waals surface area (Å²) in [5.41, 5.74) is 5.45. The van der Waals surface area contributed by atoms with Gasteiger partial charge in [0.05, 0.1) is 0 Å². The smallest absolute Gasteiger partial charge is 0.328 e. The van der Waals surface area contributed by atoms with Gasteiger partial charge in [-0.15, -0.1) is 0 Å². The third-order valence-electron chi connectivity index (χ3n) is 4.37. The molecule has 0 aromatic rings. The molecule has 0 bridgehead atoms. The molecule has 1 aliphatic carbocycles. The zero-order valence-electron chi connectivity index (χ0n) is 15.6. The molecule has 0 fully saturated rings. The van der Waals surface area contributed by atoms with Crippen molar-refractivity contribution in [2.24, 2.45) is 5.41 Å². The molecule has 0 aromatic carbocycles. The fourth-order valence-corrected chi connectivity index (χ4v) is 2.97. The highest BCUT2D eigenvalue weighted by atomic mass is 16.4. The van der Waals surface area contributed by atoms with Crippen LogP contribution < -0.4 is 0 Å². The molecule has 2 nitrogen and oxygen atoms in total. The summed E-state index contributed by atoms with van der Waals surface area (Å²) in [7, 11) is 0. The summed E-state index contributed by atoms with van der Waals surface area (Å²) < 4.78 is 0. The third-order valence-corrected chi connectivity index (χ3v) is 4.37. The predicted octanol–water partition coefficient (Wildman–Crippen LogP) is 6.16. The van der Waals surface area contributed by atoms with Crippen LogP contribution in [0.2, 0.25) is 0 Å². The van der Waals surface area contributed by atoms with Gasteiger partial charge in [-0.25, -0.2) is 4.79 Å². The highest BCUT2D eigenvalue weighted by Gasteiger charge is 2.26. The summed E-state index contributed by atoms with van der Waals surface area (Å²) in [4.78, 5) is 10.4. The Morgan fingerprint density at radius 1 is 1.04 bits per heavy atom. The van der Waals surface area contributed by atoms with Gasteiger partial charge in [-0.3, -0.25) is 0 Å². The third kappa shape index (κ3) is 6.99. The maximum atomic E-state index is 10.4. The lowest BCUT2D eigenvalue weighted by Crippen LogP contribution is -2.19. The number of hydrogen-bond donors (Lipinski definition) is 1. The van der Waals surface area contributed by atoms with Crippen molar-refractivity contribution < 1.29 is 9.90 Å². The Hall–Kier alpha value is -2.09. The first-order chi connectivity index (χ1) is 11.2. The molecule has 0 atom stereocenters. The van der Waals surface area contributed by atoms with Crippen LogP contribution in [0.25, 0.3) is 0 Å². The molecule has 0 saturated heterocycles. The molecule has 0 spiro atoms. The Morgan fingerprint density at radius 2 is 1.62 bits per heavy atom. The molecule has 2 heteroatoms. The second-order valence-electron chi connectivity index (χ2n) is 7.14. The van der Waals surface area contributed by atoms with Crippen molar-refractivity contribution in [1.82, 2.24) is 0 Å². The molecule has 0 aromatic heterocycles. The molecule has 130 valence electrons. The van der Waals surface area contributed by atoms with E-state index in [4.69, 9.17) is 5.11 Å². The van der Waals surface area contributed by atoms with Crippen molar-refractivity contribution in [2.75, 3.05) is 0 Å². The van der Waals surface area contributed by atoms with Gasteiger partial charge in [0.15, 0.2) is 0 Å². The minimum absolute atomic E-state index is 0.269. The van der Waals surface area contributed by atoms with Crippen molar-refractivity contribution >= 4 is 5.97 Å². The van der Waals surface area contributed by atoms with E-state index in [-0.39, 0.29) is 5.41 Å². The number of rotatable bonds is 6. The van der Waals surface area contributed by atoms with Crippen LogP contribution in [0.3, 0.4) is 0 Å². The van der Waals surface area contributed by atoms with E-state index in [1.807, 2.05) is 19.1 Å². The van der Waals surface area contributed by atoms with Crippen molar-refractivity contribution in [3.8, 4) is 0 Å². The number of aliphatic carboxylic acids is 1. The molecule has 1 rings (SSSR count). The number of allylic oxidation sites excluding steroid dienone is 11. The number of carboxylic acid groups (broad SMARTS) is 1. The largest absolute Gasteiger partial charge is 0.478 e. The molecule has 1 aliphatic rings. The quantitative estimate of drug-likeness (QED) is 0.469. The fraction of sp³-hybridized carbons (Fsp3) is 0.409. The van der Waals surface area contributed by atoms with Crippen molar-refractivity contribution in [2.45, 2.75) is 53.9 Å². The molecule has 0 saturated carbocycles. The monoisotopic (exact) mass is 326 g/mol. The van der Waals surface area contributed by atoms with Gasteiger partial charge in [0.2, 0.25) is 0 Å². The summed E-state index contributed by atoms with van der Waals surface area (Å²) in [6.07, 6.45) is 18.7. The minimum atomic E-state index is -0.931. The fourth-order valence-electron chi connectivity index (χ4n) is 2.97. The van der Waals surface area contributed by atoms with E-state index in [0.717, 1.165) is 11.6 Å². The highest BCUT2D eigenvalue weighted by molar-refractivity contribution is 5.80. The second-order valence-corrected chi connectivity index (χ2v) is 7.14. The molecule has 0 amide bonds. The van der Waals surface area contributed by atoms with Crippen LogP contribution in [0, 0.1) is 5.41 Å². The van der Waals surface area contributed by atoms with Crippen LogP contribution in [-0.4, -0.2) is 11.1 Å². The summed E-state index contributed by atoms with van der Waals surface area (Å²) in [5, 5.41) is 8.54. The Morgan fingerprint density at radius 3 is 2.21 bits per heavy atom. The average Bonchev–Trinajstić information content (AvgIpc) is 2.45. The first-order valence-corrected chi connectivity index (χ1v) is 8.53. The van der Waals surface area contributed by atoms with E-state index < -0.39 is 5.97 Å². The van der Waals surface area contributed by atoms with Gasteiger partial charge in [0, 0.05) is 6.08 Å². The Labute approximate surface area is 146 Å². The predicted molar refractivity (Wildman–Crippen MR) is 103 cm³/mol. The molecule has 0 aliphatic heterocycles. The van der Waals surface area contributed by atoms with Gasteiger partial charge in [0.1, 0.15) is 0 Å². The van der Waals surface area contributed by atoms with Gasteiger partial charge in [-0.2, -0.15) is 0 Å². The van der Waals surface area contributed by atoms with E-state index in [0.29, 0.717) is 0 Å². The summed E-state index contributed by atoms with van der Waals surface area (Å²) in [6.45, 7) is 10.9. The zero-order chi connectivity index (χ0) is 18.2. The molecule has 0 unspecified atom stereocenters. The van der Waals surface area contributed by atoms with Crippen molar-refractivity contribution in [3.05, 3.63) is 70.9 Å². The molecule has 0 radical (unpaired) electrons. The summed E-state index contributed by atoms with van der Waals surface area (Å²) in [5.74, 6) is -0.931. The first-order valence-electron chi connectivity index (χ1n) is 8.53. The molecule has 24 heavy (non-hydrogen) atoms. The Kier molecular flexibility index (Phi) is 7.70. The Bertz CT molecular complexity index is 635. The van der Waals surface area contributed by atoms with E-state index in [2.05, 4.69) is 45.9 Å². The summed E-state index contributed by atoms with van der Waals surface area (Å²) in [6, 6.07) is 0.